The second-order valence-electron chi connectivity index (χ2n) is 4.89. The first kappa shape index (κ1) is 17.5. The van der Waals surface area contributed by atoms with Gasteiger partial charge in [-0.1, -0.05) is 42.9 Å². The molecule has 1 heterocycles. The highest BCUT2D eigenvalue weighted by atomic mass is 32.2. The van der Waals surface area contributed by atoms with Gasteiger partial charge in [0, 0.05) is 12.1 Å². The monoisotopic (exact) mass is 354 g/mol. The molecule has 0 radical (unpaired) electrons. The van der Waals surface area contributed by atoms with Gasteiger partial charge in [-0.3, -0.25) is 10.1 Å². The number of aromatic nitrogens is 2. The standard InChI is InChI=1S/C14H18N4O3S2/c1-3-4-9-15-23(20,21)14-18-17-13(22-14)16-12(19)11-8-6-5-7-10(11)2/h5-8,15H,3-4,9H2,1-2H3,(H,16,17,19). The van der Waals surface area contributed by atoms with Crippen molar-refractivity contribution in [3.63, 3.8) is 0 Å². The van der Waals surface area contributed by atoms with Crippen LogP contribution < -0.4 is 10.0 Å². The number of nitrogens with one attached hydrogen (secondary N) is 2. The molecule has 0 saturated carbocycles. The van der Waals surface area contributed by atoms with Gasteiger partial charge < -0.3 is 0 Å². The normalized spacial score (nSPS) is 11.4. The molecular formula is C14H18N4O3S2. The maximum Gasteiger partial charge on any atom is 0.269 e. The highest BCUT2D eigenvalue weighted by Gasteiger charge is 2.20. The van der Waals surface area contributed by atoms with E-state index in [4.69, 9.17) is 0 Å². The van der Waals surface area contributed by atoms with Gasteiger partial charge in [0.05, 0.1) is 0 Å². The molecule has 0 aliphatic carbocycles. The van der Waals surface area contributed by atoms with Crippen molar-refractivity contribution in [2.24, 2.45) is 0 Å². The van der Waals surface area contributed by atoms with Gasteiger partial charge in [0.2, 0.25) is 9.47 Å². The number of rotatable bonds is 7. The van der Waals surface area contributed by atoms with Crippen LogP contribution in [-0.2, 0) is 10.0 Å². The number of nitrogens with zero attached hydrogens (tertiary/aromatic N) is 2. The zero-order valence-corrected chi connectivity index (χ0v) is 14.5. The van der Waals surface area contributed by atoms with Crippen LogP contribution in [0.5, 0.6) is 0 Å². The molecule has 2 rings (SSSR count). The molecule has 23 heavy (non-hydrogen) atoms. The molecule has 0 aliphatic heterocycles. The highest BCUT2D eigenvalue weighted by Crippen LogP contribution is 2.20. The zero-order chi connectivity index (χ0) is 16.9. The number of carbonyl (C=O) groups is 1. The molecule has 7 nitrogen and oxygen atoms in total. The summed E-state index contributed by atoms with van der Waals surface area (Å²) in [6.07, 6.45) is 1.63. The Bertz CT molecular complexity index is 787. The fraction of sp³-hybridized carbons (Fsp3) is 0.357. The van der Waals surface area contributed by atoms with Crippen molar-refractivity contribution in [1.82, 2.24) is 14.9 Å². The van der Waals surface area contributed by atoms with E-state index in [1.54, 1.807) is 12.1 Å². The van der Waals surface area contributed by atoms with Crippen LogP contribution in [0.2, 0.25) is 0 Å². The number of sulfonamides is 1. The van der Waals surface area contributed by atoms with Crippen molar-refractivity contribution >= 4 is 32.4 Å². The molecule has 1 aromatic heterocycles. The first-order valence-electron chi connectivity index (χ1n) is 7.14. The number of anilines is 1. The molecule has 2 aromatic rings. The van der Waals surface area contributed by atoms with E-state index in [1.807, 2.05) is 26.0 Å². The fourth-order valence-electron chi connectivity index (χ4n) is 1.81. The van der Waals surface area contributed by atoms with Gasteiger partial charge in [-0.05, 0) is 25.0 Å². The molecule has 1 amide bonds. The second-order valence-corrected chi connectivity index (χ2v) is 7.81. The van der Waals surface area contributed by atoms with Crippen LogP contribution in [-0.4, -0.2) is 31.1 Å². The molecule has 124 valence electrons. The first-order chi connectivity index (χ1) is 10.9. The Morgan fingerprint density at radius 3 is 2.70 bits per heavy atom. The van der Waals surface area contributed by atoms with Gasteiger partial charge in [-0.25, -0.2) is 13.1 Å². The van der Waals surface area contributed by atoms with Crippen molar-refractivity contribution < 1.29 is 13.2 Å². The minimum Gasteiger partial charge on any atom is -0.296 e. The third kappa shape index (κ3) is 4.57. The molecular weight excluding hydrogens is 336 g/mol. The van der Waals surface area contributed by atoms with Gasteiger partial charge in [-0.15, -0.1) is 10.2 Å². The first-order valence-corrected chi connectivity index (χ1v) is 9.44. The predicted molar refractivity (Wildman–Crippen MR) is 89.1 cm³/mol. The van der Waals surface area contributed by atoms with Crippen LogP contribution in [0.25, 0.3) is 0 Å². The number of amides is 1. The summed E-state index contributed by atoms with van der Waals surface area (Å²) in [7, 11) is -3.68. The van der Waals surface area contributed by atoms with Crippen LogP contribution in [0, 0.1) is 6.92 Å². The molecule has 0 bridgehead atoms. The lowest BCUT2D eigenvalue weighted by molar-refractivity contribution is 0.102. The molecule has 2 N–H and O–H groups in total. The molecule has 0 aliphatic rings. The molecule has 0 saturated heterocycles. The largest absolute Gasteiger partial charge is 0.296 e. The van der Waals surface area contributed by atoms with Crippen molar-refractivity contribution in [3.8, 4) is 0 Å². The molecule has 0 fully saturated rings. The zero-order valence-electron chi connectivity index (χ0n) is 12.9. The van der Waals surface area contributed by atoms with Gasteiger partial charge in [0.25, 0.3) is 15.9 Å². The average molecular weight is 354 g/mol. The minimum atomic E-state index is -3.68. The van der Waals surface area contributed by atoms with Gasteiger partial charge in [0.1, 0.15) is 0 Å². The Morgan fingerprint density at radius 1 is 1.26 bits per heavy atom. The van der Waals surface area contributed by atoms with E-state index in [9.17, 15) is 13.2 Å². The van der Waals surface area contributed by atoms with Crippen LogP contribution in [0.4, 0.5) is 5.13 Å². The summed E-state index contributed by atoms with van der Waals surface area (Å²) in [6.45, 7) is 4.14. The Morgan fingerprint density at radius 2 is 2.00 bits per heavy atom. The maximum atomic E-state index is 12.2. The fourth-order valence-corrected chi connectivity index (χ4v) is 3.82. The van der Waals surface area contributed by atoms with Gasteiger partial charge in [0.15, 0.2) is 0 Å². The Hall–Kier alpha value is -1.84. The smallest absolute Gasteiger partial charge is 0.269 e. The van der Waals surface area contributed by atoms with Gasteiger partial charge >= 0.3 is 0 Å². The summed E-state index contributed by atoms with van der Waals surface area (Å²) in [5.74, 6) is -0.345. The Balaban J connectivity index is 2.08. The minimum absolute atomic E-state index is 0.147. The van der Waals surface area contributed by atoms with E-state index in [2.05, 4.69) is 20.2 Å². The summed E-state index contributed by atoms with van der Waals surface area (Å²) in [4.78, 5) is 12.2. The van der Waals surface area contributed by atoms with Crippen LogP contribution in [0.1, 0.15) is 35.7 Å². The van der Waals surface area contributed by atoms with E-state index in [-0.39, 0.29) is 15.4 Å². The summed E-state index contributed by atoms with van der Waals surface area (Å²) in [5.41, 5.74) is 1.33. The summed E-state index contributed by atoms with van der Waals surface area (Å²) in [5, 5.41) is 10.1. The molecule has 0 atom stereocenters. The number of carbonyl (C=O) groups excluding carboxylic acids is 1. The number of hydrogen-bond acceptors (Lipinski definition) is 6. The topological polar surface area (TPSA) is 101 Å². The van der Waals surface area contributed by atoms with Crippen LogP contribution >= 0.6 is 11.3 Å². The van der Waals surface area contributed by atoms with Gasteiger partial charge in [-0.2, -0.15) is 0 Å². The van der Waals surface area contributed by atoms with Crippen molar-refractivity contribution in [1.29, 1.82) is 0 Å². The molecule has 0 unspecified atom stereocenters. The van der Waals surface area contributed by atoms with Crippen LogP contribution in [0.3, 0.4) is 0 Å². The third-order valence-electron chi connectivity index (χ3n) is 3.07. The summed E-state index contributed by atoms with van der Waals surface area (Å²) >= 11 is 0.822. The van der Waals surface area contributed by atoms with E-state index in [0.29, 0.717) is 12.1 Å². The average Bonchev–Trinajstić information content (AvgIpc) is 2.97. The SMILES string of the molecule is CCCCNS(=O)(=O)c1nnc(NC(=O)c2ccccc2C)s1. The number of aryl methyl sites for hydroxylation is 1. The molecule has 0 spiro atoms. The second kappa shape index (κ2) is 7.62. The van der Waals surface area contributed by atoms with Crippen molar-refractivity contribution in [2.75, 3.05) is 11.9 Å². The quantitative estimate of drug-likeness (QED) is 0.586. The lowest BCUT2D eigenvalue weighted by Gasteiger charge is -2.04. The summed E-state index contributed by atoms with van der Waals surface area (Å²) in [6, 6.07) is 7.11. The third-order valence-corrected chi connectivity index (χ3v) is 5.74. The van der Waals surface area contributed by atoms with E-state index in [1.165, 1.54) is 0 Å². The van der Waals surface area contributed by atoms with E-state index in [0.717, 1.165) is 29.7 Å². The van der Waals surface area contributed by atoms with Crippen molar-refractivity contribution in [2.45, 2.75) is 31.0 Å². The number of benzene rings is 1. The van der Waals surface area contributed by atoms with E-state index >= 15 is 0 Å². The van der Waals surface area contributed by atoms with Crippen molar-refractivity contribution in [3.05, 3.63) is 35.4 Å². The van der Waals surface area contributed by atoms with Crippen LogP contribution in [0.15, 0.2) is 28.6 Å². The predicted octanol–water partition coefficient (Wildman–Crippen LogP) is 2.18. The number of unbranched alkanes of at least 4 members (excludes halogenated alkanes) is 1. The maximum absolute atomic E-state index is 12.2. The Kier molecular flexibility index (Phi) is 5.80. The molecule has 9 heteroatoms. The highest BCUT2D eigenvalue weighted by molar-refractivity contribution is 7.91. The number of hydrogen-bond donors (Lipinski definition) is 2. The van der Waals surface area contributed by atoms with E-state index < -0.39 is 10.0 Å². The molecule has 1 aromatic carbocycles. The summed E-state index contributed by atoms with van der Waals surface area (Å²) < 4.78 is 26.3. The Labute approximate surface area is 139 Å². The lowest BCUT2D eigenvalue weighted by atomic mass is 10.1. The lowest BCUT2D eigenvalue weighted by Crippen LogP contribution is -2.24.